The van der Waals surface area contributed by atoms with Gasteiger partial charge in [0.2, 0.25) is 5.91 Å². The number of alkyl halides is 2. The van der Waals surface area contributed by atoms with Gasteiger partial charge in [0.25, 0.3) is 0 Å². The molecule has 2 atom stereocenters. The zero-order valence-electron chi connectivity index (χ0n) is 18.5. The number of halogens is 5. The van der Waals surface area contributed by atoms with E-state index in [1.807, 2.05) is 0 Å². The summed E-state index contributed by atoms with van der Waals surface area (Å²) in [4.78, 5) is 41.1. The number of fused-ring (bicyclic) bond motifs is 1. The van der Waals surface area contributed by atoms with Crippen molar-refractivity contribution >= 4 is 35.1 Å². The third-order valence-corrected chi connectivity index (χ3v) is 5.82. The molecule has 11 nitrogen and oxygen atoms in total. The smallest absolute Gasteiger partial charge is 0.412 e. The predicted molar refractivity (Wildman–Crippen MR) is 115 cm³/mol. The summed E-state index contributed by atoms with van der Waals surface area (Å²) in [6.07, 6.45) is -0.821. The predicted octanol–water partition coefficient (Wildman–Crippen LogP) is 2.14. The minimum atomic E-state index is -3.60. The summed E-state index contributed by atoms with van der Waals surface area (Å²) in [6.45, 7) is -1.55. The molecular formula is C21H16F5N7O4. The number of hydrogen-bond acceptors (Lipinski definition) is 7. The largest absolute Gasteiger partial charge is 0.438 e. The molecular weight excluding hydrogens is 509 g/mol. The summed E-state index contributed by atoms with van der Waals surface area (Å²) in [5.74, 6) is -9.29. The Morgan fingerprint density at radius 1 is 1.16 bits per heavy atom. The van der Waals surface area contributed by atoms with Gasteiger partial charge in [0, 0.05) is 31.1 Å². The van der Waals surface area contributed by atoms with Gasteiger partial charge in [0.05, 0.1) is 30.4 Å². The van der Waals surface area contributed by atoms with E-state index in [1.165, 1.54) is 23.0 Å². The van der Waals surface area contributed by atoms with E-state index in [0.717, 1.165) is 4.90 Å². The van der Waals surface area contributed by atoms with Gasteiger partial charge < -0.3 is 15.0 Å². The van der Waals surface area contributed by atoms with Crippen LogP contribution >= 0.6 is 0 Å². The molecule has 5 rings (SSSR count). The number of aromatic nitrogens is 3. The minimum Gasteiger partial charge on any atom is -0.438 e. The maximum Gasteiger partial charge on any atom is 0.412 e. The number of benzene rings is 1. The van der Waals surface area contributed by atoms with Crippen LogP contribution in [0.15, 0.2) is 30.6 Å². The van der Waals surface area contributed by atoms with Crippen molar-refractivity contribution in [2.75, 3.05) is 29.9 Å². The number of amides is 4. The summed E-state index contributed by atoms with van der Waals surface area (Å²) in [5, 5.41) is 10.5. The summed E-state index contributed by atoms with van der Waals surface area (Å²) in [6, 6.07) is 1.30. The quantitative estimate of drug-likeness (QED) is 0.445. The van der Waals surface area contributed by atoms with Crippen LogP contribution in [-0.2, 0) is 9.53 Å². The van der Waals surface area contributed by atoms with E-state index < -0.39 is 72.2 Å². The number of ether oxygens (including phenoxy) is 1. The van der Waals surface area contributed by atoms with Crippen molar-refractivity contribution in [2.45, 2.75) is 17.9 Å². The lowest BCUT2D eigenvalue weighted by Gasteiger charge is -2.24. The van der Waals surface area contributed by atoms with Gasteiger partial charge in [-0.05, 0) is 6.07 Å². The lowest BCUT2D eigenvalue weighted by atomic mass is 10.0. The first-order chi connectivity index (χ1) is 17.5. The number of anilines is 2. The number of imide groups is 1. The molecule has 0 saturated carbocycles. The van der Waals surface area contributed by atoms with Gasteiger partial charge in [-0.2, -0.15) is 5.10 Å². The third-order valence-electron chi connectivity index (χ3n) is 5.82. The molecule has 2 aliphatic heterocycles. The molecule has 16 heteroatoms. The number of carbonyl (C=O) groups is 3. The lowest BCUT2D eigenvalue weighted by molar-refractivity contribution is -0.122. The van der Waals surface area contributed by atoms with Gasteiger partial charge in [0.1, 0.15) is 11.5 Å². The minimum absolute atomic E-state index is 0.0735. The fourth-order valence-corrected chi connectivity index (χ4v) is 4.08. The zero-order chi connectivity index (χ0) is 26.5. The standard InChI is InChI=1S/C21H16F5N7O4/c22-9-3-11(23)16(12(24)4-9)29-20(36)37-15-7-32(8-21(15,25)26)14-5-13(31-33-2-1-27-17(14)33)10-6-28-19(35)30-18(10)34/h1-5,10,15H,6-8H2,(H,29,36)(H2,28,30,34,35)/t10?,15-/m0/s1. The van der Waals surface area contributed by atoms with Crippen LogP contribution < -0.4 is 20.9 Å². The highest BCUT2D eigenvalue weighted by molar-refractivity contribution is 6.00. The Labute approximate surface area is 203 Å². The number of carbonyl (C=O) groups excluding carboxylic acids is 3. The average Bonchev–Trinajstić information content (AvgIpc) is 3.39. The molecule has 0 bridgehead atoms. The normalized spacial score (nSPS) is 21.1. The number of nitrogens with zero attached hydrogens (tertiary/aromatic N) is 4. The first kappa shape index (κ1) is 24.2. The van der Waals surface area contributed by atoms with Crippen LogP contribution in [0.4, 0.5) is 42.9 Å². The van der Waals surface area contributed by atoms with Gasteiger partial charge in [-0.1, -0.05) is 0 Å². The molecule has 2 saturated heterocycles. The van der Waals surface area contributed by atoms with E-state index in [4.69, 9.17) is 4.74 Å². The second-order valence-corrected chi connectivity index (χ2v) is 8.31. The Morgan fingerprint density at radius 2 is 1.89 bits per heavy atom. The first-order valence-corrected chi connectivity index (χ1v) is 10.7. The molecule has 37 heavy (non-hydrogen) atoms. The SMILES string of the molecule is O=C1NCC(c2cc(N3C[C@H](OC(=O)Nc4c(F)cc(F)cc4F)C(F)(F)C3)c3nccn3n2)C(=O)N1. The molecule has 0 radical (unpaired) electrons. The molecule has 4 amide bonds. The summed E-state index contributed by atoms with van der Waals surface area (Å²) in [5.41, 5.74) is -0.590. The van der Waals surface area contributed by atoms with E-state index >= 15 is 0 Å². The average molecular weight is 525 g/mol. The second-order valence-electron chi connectivity index (χ2n) is 8.31. The Bertz CT molecular complexity index is 1410. The molecule has 194 valence electrons. The van der Waals surface area contributed by atoms with Gasteiger partial charge in [-0.15, -0.1) is 0 Å². The Hall–Kier alpha value is -4.50. The number of rotatable bonds is 4. The van der Waals surface area contributed by atoms with Crippen molar-refractivity contribution < 1.29 is 41.1 Å². The highest BCUT2D eigenvalue weighted by Crippen LogP contribution is 2.36. The van der Waals surface area contributed by atoms with Crippen LogP contribution in [0.25, 0.3) is 5.65 Å². The van der Waals surface area contributed by atoms with Crippen LogP contribution in [0.5, 0.6) is 0 Å². The fourth-order valence-electron chi connectivity index (χ4n) is 4.08. The molecule has 2 aromatic heterocycles. The third kappa shape index (κ3) is 4.56. The van der Waals surface area contributed by atoms with Crippen LogP contribution in [0.3, 0.4) is 0 Å². The van der Waals surface area contributed by atoms with Crippen LogP contribution in [-0.4, -0.2) is 64.3 Å². The monoisotopic (exact) mass is 525 g/mol. The van der Waals surface area contributed by atoms with Crippen LogP contribution in [0.1, 0.15) is 11.6 Å². The molecule has 1 aromatic carbocycles. The van der Waals surface area contributed by atoms with Gasteiger partial charge >= 0.3 is 18.0 Å². The molecule has 2 fully saturated rings. The van der Waals surface area contributed by atoms with E-state index in [0.29, 0.717) is 12.1 Å². The molecule has 2 aliphatic rings. The highest BCUT2D eigenvalue weighted by Gasteiger charge is 2.51. The van der Waals surface area contributed by atoms with Crippen molar-refractivity contribution in [1.29, 1.82) is 0 Å². The van der Waals surface area contributed by atoms with Crippen molar-refractivity contribution in [3.8, 4) is 0 Å². The molecule has 3 N–H and O–H groups in total. The van der Waals surface area contributed by atoms with Crippen molar-refractivity contribution in [3.05, 3.63) is 53.7 Å². The van der Waals surface area contributed by atoms with Gasteiger partial charge in [-0.25, -0.2) is 41.0 Å². The molecule has 3 aromatic rings. The van der Waals surface area contributed by atoms with E-state index in [9.17, 15) is 36.3 Å². The number of imidazole rings is 1. The van der Waals surface area contributed by atoms with Crippen molar-refractivity contribution in [1.82, 2.24) is 25.2 Å². The summed E-state index contributed by atoms with van der Waals surface area (Å²) < 4.78 is 76.4. The lowest BCUT2D eigenvalue weighted by Crippen LogP contribution is -2.51. The Morgan fingerprint density at radius 3 is 2.59 bits per heavy atom. The first-order valence-electron chi connectivity index (χ1n) is 10.7. The fraction of sp³-hybridized carbons (Fsp3) is 0.286. The topological polar surface area (TPSA) is 130 Å². The van der Waals surface area contributed by atoms with Gasteiger partial charge in [-0.3, -0.25) is 15.4 Å². The van der Waals surface area contributed by atoms with Crippen LogP contribution in [0.2, 0.25) is 0 Å². The van der Waals surface area contributed by atoms with E-state index in [2.05, 4.69) is 20.7 Å². The van der Waals surface area contributed by atoms with E-state index in [1.54, 1.807) is 5.32 Å². The maximum atomic E-state index is 14.8. The molecule has 0 spiro atoms. The zero-order valence-corrected chi connectivity index (χ0v) is 18.5. The number of urea groups is 1. The maximum absolute atomic E-state index is 14.8. The van der Waals surface area contributed by atoms with E-state index in [-0.39, 0.29) is 23.6 Å². The Kier molecular flexibility index (Phi) is 5.80. The molecule has 1 unspecified atom stereocenters. The number of hydrogen-bond donors (Lipinski definition) is 3. The number of nitrogens with one attached hydrogen (secondary N) is 3. The highest BCUT2D eigenvalue weighted by atomic mass is 19.3. The summed E-state index contributed by atoms with van der Waals surface area (Å²) in [7, 11) is 0. The summed E-state index contributed by atoms with van der Waals surface area (Å²) >= 11 is 0. The molecule has 4 heterocycles. The van der Waals surface area contributed by atoms with Crippen molar-refractivity contribution in [3.63, 3.8) is 0 Å². The van der Waals surface area contributed by atoms with Crippen molar-refractivity contribution in [2.24, 2.45) is 0 Å². The van der Waals surface area contributed by atoms with Crippen LogP contribution in [0, 0.1) is 17.5 Å². The molecule has 0 aliphatic carbocycles. The Balaban J connectivity index is 1.38. The second kappa shape index (κ2) is 8.86. The van der Waals surface area contributed by atoms with Gasteiger partial charge in [0.15, 0.2) is 23.4 Å².